The third kappa shape index (κ3) is 3.94. The molecular weight excluding hydrogens is 368 g/mol. The van der Waals surface area contributed by atoms with Gasteiger partial charge in [0, 0.05) is 31.6 Å². The van der Waals surface area contributed by atoms with Crippen molar-refractivity contribution in [3.05, 3.63) is 70.4 Å². The predicted octanol–water partition coefficient (Wildman–Crippen LogP) is 2.39. The lowest BCUT2D eigenvalue weighted by atomic mass is 10.0. The zero-order chi connectivity index (χ0) is 20.4. The van der Waals surface area contributed by atoms with Gasteiger partial charge in [0.05, 0.1) is 7.11 Å². The largest absolute Gasteiger partial charge is 0.497 e. The molecule has 7 nitrogen and oxygen atoms in total. The number of rotatable bonds is 4. The van der Waals surface area contributed by atoms with E-state index in [-0.39, 0.29) is 17.6 Å². The third-order valence-corrected chi connectivity index (χ3v) is 5.37. The van der Waals surface area contributed by atoms with E-state index >= 15 is 0 Å². The van der Waals surface area contributed by atoms with Crippen molar-refractivity contribution >= 4 is 5.91 Å². The number of nitrogens with one attached hydrogen (secondary N) is 1. The van der Waals surface area contributed by atoms with Crippen LogP contribution in [0.15, 0.2) is 53.3 Å². The van der Waals surface area contributed by atoms with E-state index in [9.17, 15) is 9.59 Å². The minimum absolute atomic E-state index is 0.00869. The second-order valence-electron chi connectivity index (χ2n) is 7.28. The Morgan fingerprint density at radius 1 is 1.14 bits per heavy atom. The van der Waals surface area contributed by atoms with Gasteiger partial charge in [-0.25, -0.2) is 9.48 Å². The molecule has 150 valence electrons. The molecule has 1 aliphatic heterocycles. The summed E-state index contributed by atoms with van der Waals surface area (Å²) in [5.41, 5.74) is 2.47. The molecule has 1 amide bonds. The summed E-state index contributed by atoms with van der Waals surface area (Å²) in [5, 5.41) is 7.41. The predicted molar refractivity (Wildman–Crippen MR) is 110 cm³/mol. The second-order valence-corrected chi connectivity index (χ2v) is 7.28. The van der Waals surface area contributed by atoms with Gasteiger partial charge < -0.3 is 10.1 Å². The van der Waals surface area contributed by atoms with E-state index in [0.717, 1.165) is 29.1 Å². The summed E-state index contributed by atoms with van der Waals surface area (Å²) in [7, 11) is 3.30. The number of nitrogens with zero attached hydrogens (tertiary/aromatic N) is 3. The summed E-state index contributed by atoms with van der Waals surface area (Å²) in [6.07, 6.45) is 2.14. The monoisotopic (exact) mass is 392 g/mol. The SMILES string of the molecule is COc1cccc(-c2cccc(C(=O)NC3CCc4nn(C)c(=O)n4CC3)c2)c1. The zero-order valence-corrected chi connectivity index (χ0v) is 16.6. The number of benzene rings is 2. The lowest BCUT2D eigenvalue weighted by Crippen LogP contribution is -2.35. The molecule has 0 aliphatic carbocycles. The van der Waals surface area contributed by atoms with Crippen molar-refractivity contribution in [2.24, 2.45) is 7.05 Å². The molecule has 1 N–H and O–H groups in total. The Balaban J connectivity index is 1.47. The van der Waals surface area contributed by atoms with Crippen LogP contribution < -0.4 is 15.7 Å². The molecule has 0 bridgehead atoms. The highest BCUT2D eigenvalue weighted by atomic mass is 16.5. The van der Waals surface area contributed by atoms with Crippen LogP contribution >= 0.6 is 0 Å². The van der Waals surface area contributed by atoms with Crippen LogP contribution in [-0.2, 0) is 20.0 Å². The average molecular weight is 392 g/mol. The highest BCUT2D eigenvalue weighted by Crippen LogP contribution is 2.24. The maximum atomic E-state index is 12.8. The standard InChI is InChI=1S/C22H24N4O3/c1-25-22(28)26-12-11-18(9-10-20(26)24-25)23-21(27)17-7-3-5-15(13-17)16-6-4-8-19(14-16)29-2/h3-8,13-14,18H,9-12H2,1-2H3,(H,23,27). The Kier molecular flexibility index (Phi) is 5.20. The molecule has 29 heavy (non-hydrogen) atoms. The van der Waals surface area contributed by atoms with Crippen LogP contribution in [0, 0.1) is 0 Å². The molecule has 1 aromatic heterocycles. The Morgan fingerprint density at radius 2 is 1.90 bits per heavy atom. The number of ether oxygens (including phenoxy) is 1. The van der Waals surface area contributed by atoms with Gasteiger partial charge in [0.25, 0.3) is 5.91 Å². The molecule has 2 heterocycles. The quantitative estimate of drug-likeness (QED) is 0.740. The number of aryl methyl sites for hydroxylation is 2. The highest BCUT2D eigenvalue weighted by molar-refractivity contribution is 5.95. The van der Waals surface area contributed by atoms with E-state index in [1.165, 1.54) is 4.68 Å². The number of hydrogen-bond donors (Lipinski definition) is 1. The molecule has 1 atom stereocenters. The average Bonchev–Trinajstić information content (AvgIpc) is 2.90. The number of aromatic nitrogens is 3. The summed E-state index contributed by atoms with van der Waals surface area (Å²) in [4.78, 5) is 24.9. The first-order valence-corrected chi connectivity index (χ1v) is 9.73. The second kappa shape index (κ2) is 7.95. The number of carbonyl (C=O) groups excluding carboxylic acids is 1. The van der Waals surface area contributed by atoms with Crippen LogP contribution in [0.2, 0.25) is 0 Å². The first-order chi connectivity index (χ1) is 14.0. The Hall–Kier alpha value is -3.35. The molecule has 3 aromatic rings. The van der Waals surface area contributed by atoms with Crippen molar-refractivity contribution < 1.29 is 9.53 Å². The van der Waals surface area contributed by atoms with Crippen LogP contribution in [0.1, 0.15) is 29.0 Å². The number of methoxy groups -OCH3 is 1. The first kappa shape index (κ1) is 19.0. The fourth-order valence-corrected chi connectivity index (χ4v) is 3.75. The van der Waals surface area contributed by atoms with Crippen molar-refractivity contribution in [3.8, 4) is 16.9 Å². The summed E-state index contributed by atoms with van der Waals surface area (Å²) < 4.78 is 8.37. The molecule has 2 aromatic carbocycles. The highest BCUT2D eigenvalue weighted by Gasteiger charge is 2.21. The van der Waals surface area contributed by atoms with Crippen molar-refractivity contribution in [1.82, 2.24) is 19.7 Å². The molecule has 1 unspecified atom stereocenters. The van der Waals surface area contributed by atoms with Gasteiger partial charge in [-0.1, -0.05) is 24.3 Å². The molecular formula is C22H24N4O3. The van der Waals surface area contributed by atoms with Gasteiger partial charge in [0.2, 0.25) is 0 Å². The van der Waals surface area contributed by atoms with Crippen LogP contribution in [0.25, 0.3) is 11.1 Å². The lowest BCUT2D eigenvalue weighted by Gasteiger charge is -2.16. The summed E-state index contributed by atoms with van der Waals surface area (Å²) >= 11 is 0. The van der Waals surface area contributed by atoms with Crippen LogP contribution in [0.4, 0.5) is 0 Å². The number of fused-ring (bicyclic) bond motifs is 1. The molecule has 0 saturated carbocycles. The molecule has 0 fully saturated rings. The van der Waals surface area contributed by atoms with E-state index in [1.807, 2.05) is 48.5 Å². The van der Waals surface area contributed by atoms with Gasteiger partial charge in [0.1, 0.15) is 11.6 Å². The van der Waals surface area contributed by atoms with E-state index in [1.54, 1.807) is 18.7 Å². The zero-order valence-electron chi connectivity index (χ0n) is 16.6. The van der Waals surface area contributed by atoms with Crippen molar-refractivity contribution in [2.45, 2.75) is 31.8 Å². The lowest BCUT2D eigenvalue weighted by molar-refractivity contribution is 0.0933. The van der Waals surface area contributed by atoms with Crippen molar-refractivity contribution in [2.75, 3.05) is 7.11 Å². The maximum absolute atomic E-state index is 12.8. The van der Waals surface area contributed by atoms with E-state index < -0.39 is 0 Å². The van der Waals surface area contributed by atoms with E-state index in [2.05, 4.69) is 10.4 Å². The third-order valence-electron chi connectivity index (χ3n) is 5.37. The number of carbonyl (C=O) groups is 1. The van der Waals surface area contributed by atoms with Gasteiger partial charge in [-0.15, -0.1) is 0 Å². The number of hydrogen-bond acceptors (Lipinski definition) is 4. The number of amides is 1. The molecule has 1 aliphatic rings. The first-order valence-electron chi connectivity index (χ1n) is 9.73. The van der Waals surface area contributed by atoms with Gasteiger partial charge >= 0.3 is 5.69 Å². The Bertz CT molecular complexity index is 1100. The smallest absolute Gasteiger partial charge is 0.345 e. The van der Waals surface area contributed by atoms with Crippen molar-refractivity contribution in [3.63, 3.8) is 0 Å². The maximum Gasteiger partial charge on any atom is 0.345 e. The molecule has 4 rings (SSSR count). The molecule has 0 saturated heterocycles. The fourth-order valence-electron chi connectivity index (χ4n) is 3.75. The summed E-state index contributed by atoms with van der Waals surface area (Å²) in [5.74, 6) is 1.46. The van der Waals surface area contributed by atoms with Gasteiger partial charge in [0.15, 0.2) is 0 Å². The van der Waals surface area contributed by atoms with Crippen LogP contribution in [-0.4, -0.2) is 33.4 Å². The molecule has 7 heteroatoms. The van der Waals surface area contributed by atoms with Gasteiger partial charge in [-0.05, 0) is 48.2 Å². The van der Waals surface area contributed by atoms with Crippen LogP contribution in [0.3, 0.4) is 0 Å². The van der Waals surface area contributed by atoms with Gasteiger partial charge in [-0.2, -0.15) is 5.10 Å². The van der Waals surface area contributed by atoms with Crippen LogP contribution in [0.5, 0.6) is 5.75 Å². The van der Waals surface area contributed by atoms with E-state index in [4.69, 9.17) is 4.74 Å². The minimum Gasteiger partial charge on any atom is -0.497 e. The normalized spacial score (nSPS) is 16.0. The summed E-state index contributed by atoms with van der Waals surface area (Å²) in [6, 6.07) is 15.3. The Labute approximate surface area is 168 Å². The Morgan fingerprint density at radius 3 is 2.69 bits per heavy atom. The van der Waals surface area contributed by atoms with Crippen molar-refractivity contribution in [1.29, 1.82) is 0 Å². The topological polar surface area (TPSA) is 78.2 Å². The fraction of sp³-hybridized carbons (Fsp3) is 0.318. The molecule has 0 spiro atoms. The minimum atomic E-state index is -0.104. The summed E-state index contributed by atoms with van der Waals surface area (Å²) in [6.45, 7) is 0.566. The molecule has 0 radical (unpaired) electrons. The van der Waals surface area contributed by atoms with Gasteiger partial charge in [-0.3, -0.25) is 9.36 Å². The van der Waals surface area contributed by atoms with E-state index in [0.29, 0.717) is 24.9 Å².